The fraction of sp³-hybridized carbons (Fsp3) is 0.176. The molecule has 0 saturated carbocycles. The monoisotopic (exact) mass is 657 g/mol. The quantitative estimate of drug-likeness (QED) is 0.140. The van der Waals surface area contributed by atoms with Gasteiger partial charge in [-0.2, -0.15) is 0 Å². The molecule has 0 bridgehead atoms. The second-order valence-corrected chi connectivity index (χ2v) is 12.8. The van der Waals surface area contributed by atoms with E-state index < -0.39 is 39.5 Å². The molecule has 0 radical (unpaired) electrons. The zero-order valence-corrected chi connectivity index (χ0v) is 26.2. The van der Waals surface area contributed by atoms with Crippen molar-refractivity contribution in [3.05, 3.63) is 130 Å². The second kappa shape index (κ2) is 14.7. The molecule has 4 aromatic rings. The van der Waals surface area contributed by atoms with Crippen LogP contribution < -0.4 is 10.6 Å². The van der Waals surface area contributed by atoms with Crippen LogP contribution in [0.25, 0.3) is 0 Å². The Balaban J connectivity index is 1.47. The fourth-order valence-electron chi connectivity index (χ4n) is 4.62. The number of hydrogen-bond donors (Lipinski definition) is 5. The van der Waals surface area contributed by atoms with Crippen LogP contribution in [0.3, 0.4) is 0 Å². The summed E-state index contributed by atoms with van der Waals surface area (Å²) in [5, 5.41) is 33.6. The molecule has 0 spiro atoms. The van der Waals surface area contributed by atoms with Gasteiger partial charge in [0.1, 0.15) is 0 Å². The molecule has 5 N–H and O–H groups in total. The summed E-state index contributed by atoms with van der Waals surface area (Å²) in [4.78, 5) is 49.2. The third kappa shape index (κ3) is 8.59. The number of amides is 2. The van der Waals surface area contributed by atoms with Gasteiger partial charge in [0, 0.05) is 49.6 Å². The average Bonchev–Trinajstić information content (AvgIpc) is 3.04. The van der Waals surface area contributed by atoms with Gasteiger partial charge in [0.2, 0.25) is 10.0 Å². The molecule has 0 fully saturated rings. The molecule has 242 valence electrons. The Morgan fingerprint density at radius 1 is 0.766 bits per heavy atom. The number of hydrogen-bond acceptors (Lipinski definition) is 7. The van der Waals surface area contributed by atoms with E-state index >= 15 is 0 Å². The van der Waals surface area contributed by atoms with Gasteiger partial charge in [-0.15, -0.1) is 0 Å². The minimum atomic E-state index is -3.98. The number of carbonyl (C=O) groups is 4. The summed E-state index contributed by atoms with van der Waals surface area (Å²) in [6, 6.07) is 24.2. The molecule has 0 saturated heterocycles. The summed E-state index contributed by atoms with van der Waals surface area (Å²) >= 11 is 0. The van der Waals surface area contributed by atoms with Gasteiger partial charge in [0.25, 0.3) is 11.8 Å². The lowest BCUT2D eigenvalue weighted by atomic mass is 10.0. The number of carboxylic acids is 2. The lowest BCUT2D eigenvalue weighted by Crippen LogP contribution is -2.28. The third-order valence-corrected chi connectivity index (χ3v) is 9.04. The number of nitrogens with one attached hydrogen (secondary N) is 2. The van der Waals surface area contributed by atoms with Crippen molar-refractivity contribution in [2.75, 3.05) is 24.3 Å². The Morgan fingerprint density at radius 3 is 2.02 bits per heavy atom. The molecule has 0 aliphatic rings. The molecule has 47 heavy (non-hydrogen) atoms. The Kier molecular flexibility index (Phi) is 10.7. The van der Waals surface area contributed by atoms with E-state index in [0.717, 1.165) is 15.9 Å². The number of benzene rings is 3. The Labute approximate surface area is 271 Å². The van der Waals surface area contributed by atoms with Crippen LogP contribution in [0.2, 0.25) is 0 Å². The summed E-state index contributed by atoms with van der Waals surface area (Å²) in [7, 11) is -2.62. The minimum Gasteiger partial charge on any atom is -0.478 e. The zero-order chi connectivity index (χ0) is 34.3. The first-order valence-corrected chi connectivity index (χ1v) is 15.8. The van der Waals surface area contributed by atoms with Crippen molar-refractivity contribution in [3.63, 3.8) is 0 Å². The molecular weight excluding hydrogens is 626 g/mol. The molecular formula is C34H31N3O9S. The maximum Gasteiger partial charge on any atom is 0.337 e. The van der Waals surface area contributed by atoms with E-state index in [0.29, 0.717) is 16.9 Å². The number of aliphatic hydroxyl groups excluding tert-OH is 1. The maximum atomic E-state index is 13.3. The predicted octanol–water partition coefficient (Wildman–Crippen LogP) is 4.25. The predicted molar refractivity (Wildman–Crippen MR) is 173 cm³/mol. The van der Waals surface area contributed by atoms with Gasteiger partial charge in [-0.1, -0.05) is 49.4 Å². The first kappa shape index (κ1) is 34.3. The topological polar surface area (TPSA) is 190 Å². The number of anilines is 2. The first-order chi connectivity index (χ1) is 22.3. The Bertz CT molecular complexity index is 1930. The average molecular weight is 658 g/mol. The zero-order valence-electron chi connectivity index (χ0n) is 25.4. The van der Waals surface area contributed by atoms with Crippen molar-refractivity contribution in [2.45, 2.75) is 25.1 Å². The smallest absolute Gasteiger partial charge is 0.337 e. The second-order valence-electron chi connectivity index (χ2n) is 10.7. The van der Waals surface area contributed by atoms with E-state index in [1.54, 1.807) is 48.5 Å². The molecule has 0 aromatic heterocycles. The van der Waals surface area contributed by atoms with Crippen molar-refractivity contribution in [3.8, 4) is 0 Å². The highest BCUT2D eigenvalue weighted by Crippen LogP contribution is 2.22. The van der Waals surface area contributed by atoms with Gasteiger partial charge in [0.05, 0.1) is 28.0 Å². The molecule has 4 rings (SSSR count). The molecule has 13 heteroatoms. The lowest BCUT2D eigenvalue weighted by molar-refractivity contribution is 0.0683. The van der Waals surface area contributed by atoms with E-state index in [1.165, 1.54) is 31.3 Å². The first-order valence-electron chi connectivity index (χ1n) is 14.2. The maximum absolute atomic E-state index is 13.3. The SMILES string of the molecule is CC(CO)c1ccc(NC(=O)c2cc(CS(=O)(=O)N(C)Cc3cccc(NC(=O)c4cc#ccc4C(=O)O)c3)ccc2C(=O)O)cc1. The van der Waals surface area contributed by atoms with Gasteiger partial charge in [0.15, 0.2) is 0 Å². The minimum absolute atomic E-state index is 0.0486. The normalized spacial score (nSPS) is 11.7. The lowest BCUT2D eigenvalue weighted by Gasteiger charge is -2.18. The highest BCUT2D eigenvalue weighted by Gasteiger charge is 2.23. The molecule has 0 aliphatic heterocycles. The molecule has 0 heterocycles. The fourth-order valence-corrected chi connectivity index (χ4v) is 5.79. The molecule has 12 nitrogen and oxygen atoms in total. The van der Waals surface area contributed by atoms with Gasteiger partial charge < -0.3 is 26.0 Å². The molecule has 1 unspecified atom stereocenters. The number of carboxylic acid groups (broad SMARTS) is 2. The number of sulfonamides is 1. The standard InChI is InChI=1S/C34H31N3O9S/c1-21(19-38)24-11-13-25(14-12-24)35-32(40)30-17-23(10-15-29(30)34(43)44)20-47(45,46)37(2)18-22-6-5-7-26(16-22)36-31(39)27-8-3-4-9-28(27)33(41)42/h5-17,21,38H,18-20H2,1-2H3,(H,35,40)(H,36,39)(H,41,42)(H,43,44). The van der Waals surface area contributed by atoms with Crippen LogP contribution in [0.15, 0.2) is 78.9 Å². The van der Waals surface area contributed by atoms with E-state index in [2.05, 4.69) is 22.8 Å². The van der Waals surface area contributed by atoms with E-state index in [9.17, 15) is 42.9 Å². The van der Waals surface area contributed by atoms with E-state index in [1.807, 2.05) is 6.92 Å². The molecule has 2 amide bonds. The summed E-state index contributed by atoms with van der Waals surface area (Å²) < 4.78 is 27.7. The number of rotatable bonds is 13. The third-order valence-electron chi connectivity index (χ3n) is 7.27. The van der Waals surface area contributed by atoms with Crippen molar-refractivity contribution in [1.29, 1.82) is 0 Å². The number of aromatic carboxylic acids is 2. The number of aliphatic hydroxyl groups is 1. The summed E-state index contributed by atoms with van der Waals surface area (Å²) in [6.07, 6.45) is 0. The van der Waals surface area contributed by atoms with E-state index in [-0.39, 0.29) is 46.9 Å². The van der Waals surface area contributed by atoms with Crippen LogP contribution in [0.5, 0.6) is 0 Å². The summed E-state index contributed by atoms with van der Waals surface area (Å²) in [5.41, 5.74) is 1.36. The Morgan fingerprint density at radius 2 is 1.38 bits per heavy atom. The van der Waals surface area contributed by atoms with Crippen LogP contribution in [0.1, 0.15) is 71.0 Å². The summed E-state index contributed by atoms with van der Waals surface area (Å²) in [6.45, 7) is 1.70. The number of nitrogens with zero attached hydrogens (tertiary/aromatic N) is 1. The van der Waals surface area contributed by atoms with Crippen molar-refractivity contribution in [2.24, 2.45) is 0 Å². The number of carbonyl (C=O) groups excluding carboxylic acids is 2. The molecule has 0 aliphatic carbocycles. The van der Waals surface area contributed by atoms with Crippen LogP contribution in [-0.4, -0.2) is 65.5 Å². The van der Waals surface area contributed by atoms with Crippen LogP contribution in [0.4, 0.5) is 11.4 Å². The van der Waals surface area contributed by atoms with E-state index in [4.69, 9.17) is 0 Å². The van der Waals surface area contributed by atoms with Crippen LogP contribution >= 0.6 is 0 Å². The van der Waals surface area contributed by atoms with Gasteiger partial charge in [-0.3, -0.25) is 9.59 Å². The van der Waals surface area contributed by atoms with Crippen molar-refractivity contribution in [1.82, 2.24) is 4.31 Å². The molecule has 4 aromatic carbocycles. The van der Waals surface area contributed by atoms with Crippen LogP contribution in [0, 0.1) is 12.1 Å². The van der Waals surface area contributed by atoms with Gasteiger partial charge >= 0.3 is 11.9 Å². The van der Waals surface area contributed by atoms with Gasteiger partial charge in [-0.25, -0.2) is 22.3 Å². The largest absolute Gasteiger partial charge is 0.478 e. The molecule has 1 atom stereocenters. The Hall–Kier alpha value is -5.55. The summed E-state index contributed by atoms with van der Waals surface area (Å²) in [5.74, 6) is -4.73. The van der Waals surface area contributed by atoms with Crippen LogP contribution in [-0.2, 0) is 22.3 Å². The highest BCUT2D eigenvalue weighted by atomic mass is 32.2. The highest BCUT2D eigenvalue weighted by molar-refractivity contribution is 7.88. The van der Waals surface area contributed by atoms with Crippen molar-refractivity contribution < 1.29 is 42.9 Å². The van der Waals surface area contributed by atoms with Gasteiger partial charge in [-0.05, 0) is 53.1 Å². The van der Waals surface area contributed by atoms with Crippen molar-refractivity contribution >= 4 is 45.2 Å².